The van der Waals surface area contributed by atoms with Crippen LogP contribution in [0.15, 0.2) is 16.9 Å². The minimum Gasteiger partial charge on any atom is -0.481 e. The molecular weight excluding hydrogens is 271 g/mol. The van der Waals surface area contributed by atoms with Crippen molar-refractivity contribution in [3.8, 4) is 0 Å². The van der Waals surface area contributed by atoms with Gasteiger partial charge in [0.15, 0.2) is 0 Å². The minimum atomic E-state index is -0.954. The van der Waals surface area contributed by atoms with E-state index in [-0.39, 0.29) is 6.42 Å². The minimum absolute atomic E-state index is 0.152. The molecule has 0 aliphatic rings. The van der Waals surface area contributed by atoms with Crippen molar-refractivity contribution in [2.75, 3.05) is 0 Å². The van der Waals surface area contributed by atoms with Gasteiger partial charge >= 0.3 is 5.97 Å². The number of nitrogens with zero attached hydrogens (tertiary/aromatic N) is 1. The van der Waals surface area contributed by atoms with E-state index in [1.54, 1.807) is 6.07 Å². The third-order valence-corrected chi connectivity index (χ3v) is 2.50. The molecule has 0 radical (unpaired) electrons. The first-order valence-corrected chi connectivity index (χ1v) is 4.96. The Morgan fingerprint density at radius 3 is 3.00 bits per heavy atom. The SMILES string of the molecule is N[C@H](CC(=O)O)c1cc(Cl)cnc1Br. The maximum absolute atomic E-state index is 10.4. The number of carboxylic acid groups (broad SMARTS) is 1. The highest BCUT2D eigenvalue weighted by Crippen LogP contribution is 2.24. The van der Waals surface area contributed by atoms with E-state index in [2.05, 4.69) is 20.9 Å². The maximum Gasteiger partial charge on any atom is 0.305 e. The van der Waals surface area contributed by atoms with E-state index >= 15 is 0 Å². The molecule has 1 heterocycles. The molecule has 1 aromatic heterocycles. The average Bonchev–Trinajstić information content (AvgIpc) is 2.08. The molecule has 1 atom stereocenters. The molecular formula is C8H8BrClN2O2. The predicted octanol–water partition coefficient (Wildman–Crippen LogP) is 1.97. The number of carboxylic acids is 1. The molecule has 0 bridgehead atoms. The van der Waals surface area contributed by atoms with E-state index < -0.39 is 12.0 Å². The van der Waals surface area contributed by atoms with Crippen molar-refractivity contribution in [3.63, 3.8) is 0 Å². The predicted molar refractivity (Wildman–Crippen MR) is 56.1 cm³/mol. The fourth-order valence-electron chi connectivity index (χ4n) is 0.996. The summed E-state index contributed by atoms with van der Waals surface area (Å²) in [6, 6.07) is 1.000. The van der Waals surface area contributed by atoms with E-state index in [1.165, 1.54) is 6.20 Å². The van der Waals surface area contributed by atoms with Crippen molar-refractivity contribution in [2.45, 2.75) is 12.5 Å². The first-order valence-electron chi connectivity index (χ1n) is 3.79. The molecule has 3 N–H and O–H groups in total. The average molecular weight is 280 g/mol. The summed E-state index contributed by atoms with van der Waals surface area (Å²) >= 11 is 8.89. The zero-order valence-corrected chi connectivity index (χ0v) is 9.42. The van der Waals surface area contributed by atoms with Gasteiger partial charge in [-0.2, -0.15) is 0 Å². The summed E-state index contributed by atoms with van der Waals surface area (Å²) in [6.45, 7) is 0. The summed E-state index contributed by atoms with van der Waals surface area (Å²) in [7, 11) is 0. The second-order valence-electron chi connectivity index (χ2n) is 2.74. The molecule has 0 fully saturated rings. The molecule has 0 amide bonds. The molecule has 0 aliphatic carbocycles. The Kier molecular flexibility index (Phi) is 3.86. The van der Waals surface area contributed by atoms with Crippen LogP contribution in [0.2, 0.25) is 5.02 Å². The number of pyridine rings is 1. The Labute approximate surface area is 94.2 Å². The fraction of sp³-hybridized carbons (Fsp3) is 0.250. The molecule has 0 aliphatic heterocycles. The second kappa shape index (κ2) is 4.72. The lowest BCUT2D eigenvalue weighted by atomic mass is 10.1. The summed E-state index contributed by atoms with van der Waals surface area (Å²) < 4.78 is 0.524. The summed E-state index contributed by atoms with van der Waals surface area (Å²) in [5.74, 6) is -0.954. The van der Waals surface area contributed by atoms with Crippen LogP contribution >= 0.6 is 27.5 Å². The standard InChI is InChI=1S/C8H8BrClN2O2/c9-8-5(1-4(10)3-12-8)6(11)2-7(13)14/h1,3,6H,2,11H2,(H,13,14)/t6-/m1/s1. The third kappa shape index (κ3) is 2.94. The first-order chi connectivity index (χ1) is 6.50. The largest absolute Gasteiger partial charge is 0.481 e. The van der Waals surface area contributed by atoms with Gasteiger partial charge in [0.2, 0.25) is 0 Å². The summed E-state index contributed by atoms with van der Waals surface area (Å²) in [5.41, 5.74) is 6.25. The number of halogens is 2. The number of hydrogen-bond acceptors (Lipinski definition) is 3. The fourth-order valence-corrected chi connectivity index (χ4v) is 1.67. The van der Waals surface area contributed by atoms with Gasteiger partial charge in [0.1, 0.15) is 4.60 Å². The first kappa shape index (κ1) is 11.4. The number of aromatic nitrogens is 1. The lowest BCUT2D eigenvalue weighted by Crippen LogP contribution is -2.15. The van der Waals surface area contributed by atoms with Crippen LogP contribution in [0.4, 0.5) is 0 Å². The Hall–Kier alpha value is -0.650. The molecule has 1 rings (SSSR count). The Bertz CT molecular complexity index is 359. The summed E-state index contributed by atoms with van der Waals surface area (Å²) in [6.07, 6.45) is 1.31. The zero-order chi connectivity index (χ0) is 10.7. The molecule has 0 unspecified atom stereocenters. The molecule has 6 heteroatoms. The van der Waals surface area contributed by atoms with Crippen LogP contribution < -0.4 is 5.73 Å². The lowest BCUT2D eigenvalue weighted by Gasteiger charge is -2.10. The van der Waals surface area contributed by atoms with Gasteiger partial charge in [0.05, 0.1) is 11.4 Å². The van der Waals surface area contributed by atoms with Crippen LogP contribution in [0.1, 0.15) is 18.0 Å². The number of rotatable bonds is 3. The Morgan fingerprint density at radius 2 is 2.43 bits per heavy atom. The van der Waals surface area contributed by atoms with E-state index in [4.69, 9.17) is 22.4 Å². The van der Waals surface area contributed by atoms with E-state index in [1.807, 2.05) is 0 Å². The van der Waals surface area contributed by atoms with Gasteiger partial charge in [-0.25, -0.2) is 4.98 Å². The molecule has 4 nitrogen and oxygen atoms in total. The Balaban J connectivity index is 2.93. The second-order valence-corrected chi connectivity index (χ2v) is 3.93. The monoisotopic (exact) mass is 278 g/mol. The highest BCUT2D eigenvalue weighted by molar-refractivity contribution is 9.10. The van der Waals surface area contributed by atoms with Crippen molar-refractivity contribution in [2.24, 2.45) is 5.73 Å². The van der Waals surface area contributed by atoms with Crippen molar-refractivity contribution >= 4 is 33.5 Å². The molecule has 0 saturated carbocycles. The van der Waals surface area contributed by atoms with Gasteiger partial charge in [-0.1, -0.05) is 11.6 Å². The number of carbonyl (C=O) groups is 1. The van der Waals surface area contributed by atoms with Gasteiger partial charge in [-0.15, -0.1) is 0 Å². The number of hydrogen-bond donors (Lipinski definition) is 2. The normalized spacial score (nSPS) is 12.5. The van der Waals surface area contributed by atoms with Crippen molar-refractivity contribution in [3.05, 3.63) is 27.5 Å². The summed E-state index contributed by atoms with van der Waals surface area (Å²) in [5, 5.41) is 8.99. The lowest BCUT2D eigenvalue weighted by molar-refractivity contribution is -0.137. The third-order valence-electron chi connectivity index (χ3n) is 1.63. The van der Waals surface area contributed by atoms with E-state index in [9.17, 15) is 4.79 Å². The highest BCUT2D eigenvalue weighted by atomic mass is 79.9. The van der Waals surface area contributed by atoms with Crippen molar-refractivity contribution in [1.82, 2.24) is 4.98 Å². The summed E-state index contributed by atoms with van der Waals surface area (Å²) in [4.78, 5) is 14.3. The van der Waals surface area contributed by atoms with E-state index in [0.29, 0.717) is 15.2 Å². The van der Waals surface area contributed by atoms with Crippen LogP contribution in [0.5, 0.6) is 0 Å². The van der Waals surface area contributed by atoms with Crippen LogP contribution in [0.25, 0.3) is 0 Å². The van der Waals surface area contributed by atoms with Gasteiger partial charge in [0, 0.05) is 17.8 Å². The topological polar surface area (TPSA) is 76.2 Å². The van der Waals surface area contributed by atoms with Gasteiger partial charge in [-0.05, 0) is 22.0 Å². The molecule has 14 heavy (non-hydrogen) atoms. The molecule has 1 aromatic rings. The van der Waals surface area contributed by atoms with Gasteiger partial charge < -0.3 is 10.8 Å². The van der Waals surface area contributed by atoms with Crippen molar-refractivity contribution in [1.29, 1.82) is 0 Å². The molecule has 0 aromatic carbocycles. The maximum atomic E-state index is 10.4. The van der Waals surface area contributed by atoms with Gasteiger partial charge in [0.25, 0.3) is 0 Å². The molecule has 0 saturated heterocycles. The van der Waals surface area contributed by atoms with Crippen molar-refractivity contribution < 1.29 is 9.90 Å². The zero-order valence-electron chi connectivity index (χ0n) is 7.08. The Morgan fingerprint density at radius 1 is 1.79 bits per heavy atom. The molecule has 0 spiro atoms. The van der Waals surface area contributed by atoms with Crippen LogP contribution in [-0.2, 0) is 4.79 Å². The quantitative estimate of drug-likeness (QED) is 0.829. The highest BCUT2D eigenvalue weighted by Gasteiger charge is 2.14. The van der Waals surface area contributed by atoms with Gasteiger partial charge in [-0.3, -0.25) is 4.79 Å². The smallest absolute Gasteiger partial charge is 0.305 e. The van der Waals surface area contributed by atoms with E-state index in [0.717, 1.165) is 0 Å². The van der Waals surface area contributed by atoms with Crippen LogP contribution in [-0.4, -0.2) is 16.1 Å². The molecule has 76 valence electrons. The number of aliphatic carboxylic acids is 1. The van der Waals surface area contributed by atoms with Crippen LogP contribution in [0.3, 0.4) is 0 Å². The number of nitrogens with two attached hydrogens (primary N) is 1. The van der Waals surface area contributed by atoms with Crippen LogP contribution in [0, 0.1) is 0 Å².